The van der Waals surface area contributed by atoms with Crippen LogP contribution in [0.5, 0.6) is 0 Å². The lowest BCUT2D eigenvalue weighted by Gasteiger charge is -2.59. The van der Waals surface area contributed by atoms with Crippen molar-refractivity contribution in [2.45, 2.75) is 63.8 Å². The van der Waals surface area contributed by atoms with Gasteiger partial charge in [-0.3, -0.25) is 0 Å². The van der Waals surface area contributed by atoms with Crippen LogP contribution in [-0.4, -0.2) is 35.5 Å². The van der Waals surface area contributed by atoms with Crippen molar-refractivity contribution >= 4 is 0 Å². The van der Waals surface area contributed by atoms with Gasteiger partial charge >= 0.3 is 0 Å². The van der Waals surface area contributed by atoms with Gasteiger partial charge in [-0.2, -0.15) is 0 Å². The van der Waals surface area contributed by atoms with Crippen molar-refractivity contribution in [3.8, 4) is 0 Å². The lowest BCUT2D eigenvalue weighted by atomic mass is 9.57. The SMILES string of the molecule is C[C@@H]1[C@H](O)O[C@H]2OC[C@@]3(C)C[C@@H]4[C@H](C)CC[C@H]1[C@@]24OO3. The van der Waals surface area contributed by atoms with Gasteiger partial charge in [-0.15, -0.1) is 0 Å². The molecule has 0 aromatic carbocycles. The summed E-state index contributed by atoms with van der Waals surface area (Å²) in [5.41, 5.74) is -0.951. The lowest BCUT2D eigenvalue weighted by molar-refractivity contribution is -0.494. The second kappa shape index (κ2) is 4.17. The van der Waals surface area contributed by atoms with Crippen molar-refractivity contribution in [2.24, 2.45) is 23.7 Å². The van der Waals surface area contributed by atoms with Gasteiger partial charge in [0, 0.05) is 17.8 Å². The van der Waals surface area contributed by atoms with Gasteiger partial charge in [0.05, 0.1) is 6.61 Å². The number of hydrogen-bond acceptors (Lipinski definition) is 5. The molecule has 5 rings (SSSR count). The molecular weight excluding hydrogens is 260 g/mol. The maximum Gasteiger partial charge on any atom is 0.193 e. The van der Waals surface area contributed by atoms with E-state index in [9.17, 15) is 5.11 Å². The van der Waals surface area contributed by atoms with Gasteiger partial charge in [0.15, 0.2) is 18.2 Å². The Morgan fingerprint density at radius 2 is 1.90 bits per heavy atom. The Hall–Kier alpha value is -0.200. The first kappa shape index (κ1) is 13.5. The van der Waals surface area contributed by atoms with Crippen LogP contribution in [0.25, 0.3) is 0 Å². The Bertz CT molecular complexity index is 415. The molecule has 5 nitrogen and oxygen atoms in total. The first-order chi connectivity index (χ1) is 9.46. The lowest BCUT2D eigenvalue weighted by Crippen LogP contribution is -2.69. The van der Waals surface area contributed by atoms with Crippen LogP contribution in [-0.2, 0) is 19.2 Å². The number of rotatable bonds is 0. The quantitative estimate of drug-likeness (QED) is 0.688. The predicted octanol–water partition coefficient (Wildman–Crippen LogP) is 1.84. The fourth-order valence-electron chi connectivity index (χ4n) is 4.87. The zero-order chi connectivity index (χ0) is 14.1. The highest BCUT2D eigenvalue weighted by Crippen LogP contribution is 2.59. The summed E-state index contributed by atoms with van der Waals surface area (Å²) in [5.74, 6) is 1.18. The van der Waals surface area contributed by atoms with Gasteiger partial charge in [0.2, 0.25) is 0 Å². The molecule has 0 aromatic heterocycles. The minimum atomic E-state index is -0.779. The van der Waals surface area contributed by atoms with E-state index in [1.54, 1.807) is 0 Å². The fraction of sp³-hybridized carbons (Fsp3) is 1.00. The van der Waals surface area contributed by atoms with Crippen molar-refractivity contribution in [3.63, 3.8) is 0 Å². The van der Waals surface area contributed by atoms with Crippen LogP contribution >= 0.6 is 0 Å². The summed E-state index contributed by atoms with van der Waals surface area (Å²) in [6.45, 7) is 6.81. The third-order valence-corrected chi connectivity index (χ3v) is 6.07. The number of hydrogen-bond donors (Lipinski definition) is 1. The van der Waals surface area contributed by atoms with E-state index in [1.807, 2.05) is 13.8 Å². The number of ether oxygens (including phenoxy) is 2. The van der Waals surface area contributed by atoms with E-state index in [0.29, 0.717) is 18.4 Å². The van der Waals surface area contributed by atoms with E-state index in [0.717, 1.165) is 12.8 Å². The Kier molecular flexibility index (Phi) is 2.81. The number of aliphatic hydroxyl groups is 1. The summed E-state index contributed by atoms with van der Waals surface area (Å²) in [7, 11) is 0. The molecule has 20 heavy (non-hydrogen) atoms. The highest BCUT2D eigenvalue weighted by molar-refractivity contribution is 5.10. The molecule has 4 saturated heterocycles. The van der Waals surface area contributed by atoms with Crippen LogP contribution in [0.4, 0.5) is 0 Å². The second-order valence-electron chi connectivity index (χ2n) is 7.47. The van der Waals surface area contributed by atoms with Crippen LogP contribution in [0.3, 0.4) is 0 Å². The summed E-state index contributed by atoms with van der Waals surface area (Å²) in [6, 6.07) is 0. The van der Waals surface area contributed by atoms with Gasteiger partial charge in [-0.05, 0) is 32.1 Å². The molecule has 1 aliphatic carbocycles. The maximum absolute atomic E-state index is 10.2. The van der Waals surface area contributed by atoms with E-state index in [4.69, 9.17) is 19.2 Å². The number of fused-ring (bicyclic) bond motifs is 2. The van der Waals surface area contributed by atoms with E-state index < -0.39 is 23.8 Å². The molecule has 4 aliphatic heterocycles. The largest absolute Gasteiger partial charge is 0.368 e. The van der Waals surface area contributed by atoms with Crippen LogP contribution in [0.1, 0.15) is 40.0 Å². The molecule has 114 valence electrons. The van der Waals surface area contributed by atoms with E-state index >= 15 is 0 Å². The Morgan fingerprint density at radius 3 is 2.70 bits per heavy atom. The molecule has 1 N–H and O–H groups in total. The first-order valence-corrected chi connectivity index (χ1v) is 7.78. The van der Waals surface area contributed by atoms with Gasteiger partial charge < -0.3 is 14.6 Å². The fourth-order valence-corrected chi connectivity index (χ4v) is 4.87. The van der Waals surface area contributed by atoms with Crippen molar-refractivity contribution in [1.29, 1.82) is 0 Å². The molecule has 5 fully saturated rings. The van der Waals surface area contributed by atoms with Gasteiger partial charge in [-0.25, -0.2) is 9.78 Å². The average Bonchev–Trinajstić information content (AvgIpc) is 2.63. The second-order valence-corrected chi connectivity index (χ2v) is 7.47. The maximum atomic E-state index is 10.2. The number of aliphatic hydroxyl groups excluding tert-OH is 1. The Balaban J connectivity index is 1.82. The molecule has 0 aromatic rings. The Labute approximate surface area is 119 Å². The smallest absolute Gasteiger partial charge is 0.193 e. The molecule has 8 atom stereocenters. The highest BCUT2D eigenvalue weighted by Gasteiger charge is 2.69. The third-order valence-electron chi connectivity index (χ3n) is 6.07. The zero-order valence-electron chi connectivity index (χ0n) is 12.4. The monoisotopic (exact) mass is 284 g/mol. The van der Waals surface area contributed by atoms with Crippen molar-refractivity contribution < 1.29 is 24.4 Å². The van der Waals surface area contributed by atoms with E-state index in [2.05, 4.69) is 6.92 Å². The molecule has 5 aliphatic rings. The van der Waals surface area contributed by atoms with Crippen molar-refractivity contribution in [1.82, 2.24) is 0 Å². The highest BCUT2D eigenvalue weighted by atomic mass is 17.2. The molecule has 0 amide bonds. The van der Waals surface area contributed by atoms with Crippen LogP contribution in [0.15, 0.2) is 0 Å². The van der Waals surface area contributed by atoms with Crippen molar-refractivity contribution in [2.75, 3.05) is 6.61 Å². The summed E-state index contributed by atoms with van der Waals surface area (Å²) in [4.78, 5) is 11.7. The Morgan fingerprint density at radius 1 is 1.10 bits per heavy atom. The third kappa shape index (κ3) is 1.56. The standard InChI is InChI=1S/C15H24O5/c1-8-4-5-10-9(2)12(16)18-13-15(10)11(8)6-14(3,7-17-13)19-20-15/h8-13,16H,4-7H2,1-3H3/t8-,9+,10-,11-,12-,13-,14-,15+/m1/s1. The minimum Gasteiger partial charge on any atom is -0.368 e. The van der Waals surface area contributed by atoms with Crippen molar-refractivity contribution in [3.05, 3.63) is 0 Å². The van der Waals surface area contributed by atoms with Gasteiger partial charge in [-0.1, -0.05) is 13.8 Å². The first-order valence-electron chi connectivity index (χ1n) is 7.78. The summed E-state index contributed by atoms with van der Waals surface area (Å²) in [5, 5.41) is 10.2. The molecule has 0 unspecified atom stereocenters. The van der Waals surface area contributed by atoms with E-state index in [1.165, 1.54) is 6.42 Å². The molecule has 4 heterocycles. The average molecular weight is 284 g/mol. The minimum absolute atomic E-state index is 0.0379. The van der Waals surface area contributed by atoms with E-state index in [-0.39, 0.29) is 11.8 Å². The van der Waals surface area contributed by atoms with Crippen LogP contribution < -0.4 is 0 Å². The molecule has 5 heteroatoms. The summed E-state index contributed by atoms with van der Waals surface area (Å²) >= 11 is 0. The van der Waals surface area contributed by atoms with Gasteiger partial charge in [0.1, 0.15) is 5.60 Å². The molecule has 0 radical (unpaired) electrons. The topological polar surface area (TPSA) is 57.2 Å². The molecule has 1 spiro atoms. The summed E-state index contributed by atoms with van der Waals surface area (Å²) in [6.07, 6.45) is 1.83. The molecule has 1 saturated carbocycles. The van der Waals surface area contributed by atoms with Crippen LogP contribution in [0.2, 0.25) is 0 Å². The summed E-state index contributed by atoms with van der Waals surface area (Å²) < 4.78 is 11.7. The van der Waals surface area contributed by atoms with Gasteiger partial charge in [0.25, 0.3) is 0 Å². The zero-order valence-corrected chi connectivity index (χ0v) is 12.4. The van der Waals surface area contributed by atoms with Crippen LogP contribution in [0, 0.1) is 23.7 Å². The molecular formula is C15H24O5. The normalized spacial score (nSPS) is 61.8. The predicted molar refractivity (Wildman–Crippen MR) is 69.3 cm³/mol. The molecule has 2 bridgehead atoms.